The maximum Gasteiger partial charge on any atom is 0.333 e. The van der Waals surface area contributed by atoms with Crippen LogP contribution in [0.25, 0.3) is 0 Å². The summed E-state index contributed by atoms with van der Waals surface area (Å²) < 4.78 is 5.12. The summed E-state index contributed by atoms with van der Waals surface area (Å²) >= 11 is 0. The Hall–Kier alpha value is -0.830. The Balaban J connectivity index is 4.34. The molecule has 0 aliphatic heterocycles. The number of carboxylic acids is 1. The van der Waals surface area contributed by atoms with Crippen LogP contribution in [0.4, 0.5) is 0 Å². The van der Waals surface area contributed by atoms with Crippen LogP contribution in [-0.4, -0.2) is 24.3 Å². The third-order valence-corrected chi connectivity index (χ3v) is 2.13. The predicted octanol–water partition coefficient (Wildman–Crippen LogP) is 2.61. The summed E-state index contributed by atoms with van der Waals surface area (Å²) in [4.78, 5) is 10.9. The van der Waals surface area contributed by atoms with Crippen LogP contribution in [0.2, 0.25) is 0 Å². The highest BCUT2D eigenvalue weighted by Gasteiger charge is 2.10. The molecule has 0 saturated carbocycles. The largest absolute Gasteiger partial charge is 0.478 e. The number of allylic oxidation sites excluding steroid dienone is 1. The van der Waals surface area contributed by atoms with Gasteiger partial charge in [0, 0.05) is 6.61 Å². The fourth-order valence-corrected chi connectivity index (χ4v) is 1.16. The monoisotopic (exact) mass is 200 g/mol. The van der Waals surface area contributed by atoms with Crippen LogP contribution in [0.1, 0.15) is 40.0 Å². The van der Waals surface area contributed by atoms with Gasteiger partial charge in [-0.3, -0.25) is 0 Å². The Morgan fingerprint density at radius 1 is 1.36 bits per heavy atom. The molecule has 0 radical (unpaired) electrons. The molecule has 0 aromatic heterocycles. The molecule has 0 heterocycles. The van der Waals surface area contributed by atoms with E-state index in [9.17, 15) is 4.79 Å². The summed E-state index contributed by atoms with van der Waals surface area (Å²) in [5, 5.41) is 8.93. The van der Waals surface area contributed by atoms with E-state index in [4.69, 9.17) is 9.84 Å². The molecule has 0 spiro atoms. The van der Waals surface area contributed by atoms with Crippen LogP contribution < -0.4 is 0 Å². The minimum atomic E-state index is -0.855. The lowest BCUT2D eigenvalue weighted by Crippen LogP contribution is -2.10. The molecule has 0 atom stereocenters. The molecule has 0 aromatic rings. The lowest BCUT2D eigenvalue weighted by molar-refractivity contribution is -0.133. The van der Waals surface area contributed by atoms with E-state index in [1.165, 1.54) is 0 Å². The van der Waals surface area contributed by atoms with Crippen molar-refractivity contribution in [2.24, 2.45) is 0 Å². The van der Waals surface area contributed by atoms with Gasteiger partial charge >= 0.3 is 5.97 Å². The van der Waals surface area contributed by atoms with E-state index in [1.807, 2.05) is 13.8 Å². The van der Waals surface area contributed by atoms with Crippen LogP contribution in [0.5, 0.6) is 0 Å². The number of rotatable bonds is 7. The number of carbonyl (C=O) groups is 1. The minimum Gasteiger partial charge on any atom is -0.478 e. The van der Waals surface area contributed by atoms with Crippen molar-refractivity contribution in [2.45, 2.75) is 40.0 Å². The first kappa shape index (κ1) is 13.2. The Bertz CT molecular complexity index is 207. The minimum absolute atomic E-state index is 0.224. The van der Waals surface area contributed by atoms with Crippen molar-refractivity contribution >= 4 is 5.97 Å². The number of carboxylic acid groups (broad SMARTS) is 1. The van der Waals surface area contributed by atoms with Crippen molar-refractivity contribution in [1.29, 1.82) is 0 Å². The second kappa shape index (κ2) is 7.56. The van der Waals surface area contributed by atoms with Gasteiger partial charge in [-0.1, -0.05) is 18.9 Å². The highest BCUT2D eigenvalue weighted by molar-refractivity contribution is 5.87. The average Bonchev–Trinajstić information content (AvgIpc) is 2.14. The second-order valence-corrected chi connectivity index (χ2v) is 3.30. The lowest BCUT2D eigenvalue weighted by Gasteiger charge is -2.07. The average molecular weight is 200 g/mol. The Labute approximate surface area is 85.8 Å². The number of hydrogen-bond donors (Lipinski definition) is 1. The van der Waals surface area contributed by atoms with E-state index in [1.54, 1.807) is 0 Å². The fraction of sp³-hybridized carbons (Fsp3) is 0.727. The first-order valence-corrected chi connectivity index (χ1v) is 5.13. The Morgan fingerprint density at radius 2 is 2.00 bits per heavy atom. The van der Waals surface area contributed by atoms with E-state index in [0.717, 1.165) is 24.8 Å². The maximum absolute atomic E-state index is 10.9. The van der Waals surface area contributed by atoms with Crippen molar-refractivity contribution < 1.29 is 14.6 Å². The Morgan fingerprint density at radius 3 is 2.43 bits per heavy atom. The van der Waals surface area contributed by atoms with E-state index in [0.29, 0.717) is 12.2 Å². The molecular weight excluding hydrogens is 180 g/mol. The Kier molecular flexibility index (Phi) is 7.11. The molecule has 0 amide bonds. The smallest absolute Gasteiger partial charge is 0.333 e. The van der Waals surface area contributed by atoms with Crippen LogP contribution in [0.15, 0.2) is 11.1 Å². The van der Waals surface area contributed by atoms with E-state index in [2.05, 4.69) is 6.92 Å². The first-order valence-electron chi connectivity index (χ1n) is 5.13. The van der Waals surface area contributed by atoms with Gasteiger partial charge in [0.2, 0.25) is 0 Å². The van der Waals surface area contributed by atoms with E-state index >= 15 is 0 Å². The number of ether oxygens (including phenoxy) is 1. The van der Waals surface area contributed by atoms with Gasteiger partial charge in [-0.05, 0) is 26.7 Å². The normalized spacial score (nSPS) is 12.5. The van der Waals surface area contributed by atoms with Gasteiger partial charge in [0.1, 0.15) is 0 Å². The molecule has 0 unspecified atom stereocenters. The van der Waals surface area contributed by atoms with Crippen LogP contribution >= 0.6 is 0 Å². The molecule has 3 nitrogen and oxygen atoms in total. The third kappa shape index (κ3) is 5.02. The van der Waals surface area contributed by atoms with E-state index < -0.39 is 5.97 Å². The van der Waals surface area contributed by atoms with Gasteiger partial charge in [-0.15, -0.1) is 0 Å². The highest BCUT2D eigenvalue weighted by Crippen LogP contribution is 2.12. The first-order chi connectivity index (χ1) is 6.63. The molecular formula is C11H20O3. The molecule has 0 saturated heterocycles. The van der Waals surface area contributed by atoms with Gasteiger partial charge in [0.15, 0.2) is 0 Å². The molecule has 0 bridgehead atoms. The lowest BCUT2D eigenvalue weighted by atomic mass is 10.0. The fourth-order valence-electron chi connectivity index (χ4n) is 1.16. The zero-order valence-corrected chi connectivity index (χ0v) is 9.30. The summed E-state index contributed by atoms with van der Waals surface area (Å²) in [6.45, 7) is 6.61. The second-order valence-electron chi connectivity index (χ2n) is 3.30. The van der Waals surface area contributed by atoms with Gasteiger partial charge in [-0.2, -0.15) is 0 Å². The zero-order chi connectivity index (χ0) is 11.0. The number of unbranched alkanes of at least 4 members (excludes halogenated alkanes) is 1. The molecule has 0 fully saturated rings. The van der Waals surface area contributed by atoms with Crippen molar-refractivity contribution in [2.75, 3.05) is 13.2 Å². The quantitative estimate of drug-likeness (QED) is 0.642. The topological polar surface area (TPSA) is 46.5 Å². The molecule has 14 heavy (non-hydrogen) atoms. The zero-order valence-electron chi connectivity index (χ0n) is 9.30. The molecule has 3 heteroatoms. The molecule has 0 aromatic carbocycles. The van der Waals surface area contributed by atoms with Crippen LogP contribution in [-0.2, 0) is 9.53 Å². The van der Waals surface area contributed by atoms with Crippen molar-refractivity contribution in [3.05, 3.63) is 11.1 Å². The van der Waals surface area contributed by atoms with Crippen molar-refractivity contribution in [1.82, 2.24) is 0 Å². The van der Waals surface area contributed by atoms with Gasteiger partial charge < -0.3 is 9.84 Å². The third-order valence-electron chi connectivity index (χ3n) is 2.13. The predicted molar refractivity (Wildman–Crippen MR) is 56.4 cm³/mol. The highest BCUT2D eigenvalue weighted by atomic mass is 16.5. The summed E-state index contributed by atoms with van der Waals surface area (Å²) in [7, 11) is 0. The molecule has 0 aliphatic rings. The van der Waals surface area contributed by atoms with Crippen LogP contribution in [0.3, 0.4) is 0 Å². The van der Waals surface area contributed by atoms with Crippen molar-refractivity contribution in [3.63, 3.8) is 0 Å². The van der Waals surface area contributed by atoms with E-state index in [-0.39, 0.29) is 6.61 Å². The SMILES string of the molecule is CCCCC(C)=C(COCC)C(=O)O. The molecule has 0 aliphatic carbocycles. The summed E-state index contributed by atoms with van der Waals surface area (Å²) in [6.07, 6.45) is 2.97. The number of hydrogen-bond acceptors (Lipinski definition) is 2. The number of aliphatic carboxylic acids is 1. The maximum atomic E-state index is 10.9. The summed E-state index contributed by atoms with van der Waals surface area (Å²) in [5.74, 6) is -0.855. The van der Waals surface area contributed by atoms with Gasteiger partial charge in [0.25, 0.3) is 0 Å². The van der Waals surface area contributed by atoms with Crippen LogP contribution in [0, 0.1) is 0 Å². The van der Waals surface area contributed by atoms with Gasteiger partial charge in [-0.25, -0.2) is 4.79 Å². The summed E-state index contributed by atoms with van der Waals surface area (Å²) in [6, 6.07) is 0. The molecule has 1 N–H and O–H groups in total. The van der Waals surface area contributed by atoms with Crippen molar-refractivity contribution in [3.8, 4) is 0 Å². The molecule has 82 valence electrons. The standard InChI is InChI=1S/C11H20O3/c1-4-6-7-9(3)10(11(12)13)8-14-5-2/h4-8H2,1-3H3,(H,12,13). The molecule has 0 rings (SSSR count). The summed E-state index contributed by atoms with van der Waals surface area (Å²) in [5.41, 5.74) is 1.35. The van der Waals surface area contributed by atoms with Gasteiger partial charge in [0.05, 0.1) is 12.2 Å².